The number of methoxy groups -OCH3 is 4. The molecule has 0 aliphatic heterocycles. The number of hydrogen-bond acceptors (Lipinski definition) is 10. The molecule has 5 rings (SSSR count). The Labute approximate surface area is 266 Å². The van der Waals surface area contributed by atoms with Crippen molar-refractivity contribution in [2.75, 3.05) is 28.4 Å². The van der Waals surface area contributed by atoms with Gasteiger partial charge in [0, 0.05) is 0 Å². The monoisotopic (exact) mass is 616 g/mol. The molecule has 0 aliphatic carbocycles. The van der Waals surface area contributed by atoms with E-state index in [0.29, 0.717) is 46.0 Å². The van der Waals surface area contributed by atoms with Crippen LogP contribution in [0.1, 0.15) is 11.1 Å². The van der Waals surface area contributed by atoms with Gasteiger partial charge in [-0.05, 0) is 97.1 Å². The van der Waals surface area contributed by atoms with E-state index in [0.717, 1.165) is 0 Å². The van der Waals surface area contributed by atoms with E-state index in [-0.39, 0.29) is 34.1 Å². The first-order valence-corrected chi connectivity index (χ1v) is 13.8. The molecular weight excluding hydrogens is 588 g/mol. The van der Waals surface area contributed by atoms with Crippen molar-refractivity contribution in [2.45, 2.75) is 0 Å². The molecule has 0 fully saturated rings. The third kappa shape index (κ3) is 6.83. The van der Waals surface area contributed by atoms with Crippen LogP contribution in [-0.4, -0.2) is 28.4 Å². The lowest BCUT2D eigenvalue weighted by Gasteiger charge is -2.22. The maximum absolute atomic E-state index is 10.4. The summed E-state index contributed by atoms with van der Waals surface area (Å²) in [6.45, 7) is 0. The van der Waals surface area contributed by atoms with Crippen LogP contribution in [0.3, 0.4) is 0 Å². The van der Waals surface area contributed by atoms with E-state index in [9.17, 15) is 10.5 Å². The number of hydrogen-bond donors (Lipinski definition) is 0. The van der Waals surface area contributed by atoms with Gasteiger partial charge in [0.1, 0.15) is 69.3 Å². The zero-order valence-electron chi connectivity index (χ0n) is 25.4. The van der Waals surface area contributed by atoms with E-state index in [1.807, 2.05) is 0 Å². The Morgan fingerprint density at radius 2 is 0.522 bits per heavy atom. The van der Waals surface area contributed by atoms with Crippen LogP contribution in [0.25, 0.3) is 0 Å². The second-order valence-electron chi connectivity index (χ2n) is 9.40. The summed E-state index contributed by atoms with van der Waals surface area (Å²) < 4.78 is 46.6. The predicted molar refractivity (Wildman–Crippen MR) is 168 cm³/mol. The second-order valence-corrected chi connectivity index (χ2v) is 9.40. The quantitative estimate of drug-likeness (QED) is 0.135. The maximum Gasteiger partial charge on any atom is 0.217 e. The SMILES string of the molecule is COc1ccc(Oc2c(C#N)c(C#N)c(Oc3ccc(OC)cc3)c(Oc3ccc(OC)cc3)c2Oc2ccc(OC)cc2)cc1. The number of benzene rings is 5. The summed E-state index contributed by atoms with van der Waals surface area (Å²) in [6.07, 6.45) is 0. The van der Waals surface area contributed by atoms with Crippen LogP contribution in [0.2, 0.25) is 0 Å². The average molecular weight is 617 g/mol. The first-order valence-electron chi connectivity index (χ1n) is 13.8. The third-order valence-electron chi connectivity index (χ3n) is 6.66. The van der Waals surface area contributed by atoms with E-state index >= 15 is 0 Å². The Bertz CT molecular complexity index is 1740. The molecule has 230 valence electrons. The van der Waals surface area contributed by atoms with Crippen molar-refractivity contribution in [1.82, 2.24) is 0 Å². The van der Waals surface area contributed by atoms with Gasteiger partial charge in [-0.25, -0.2) is 0 Å². The topological polar surface area (TPSA) is 121 Å². The minimum absolute atomic E-state index is 0.0177. The van der Waals surface area contributed by atoms with Gasteiger partial charge in [0.2, 0.25) is 11.5 Å². The molecule has 0 radical (unpaired) electrons. The van der Waals surface area contributed by atoms with Crippen molar-refractivity contribution < 1.29 is 37.9 Å². The summed E-state index contributed by atoms with van der Waals surface area (Å²) >= 11 is 0. The van der Waals surface area contributed by atoms with Crippen LogP contribution in [0.4, 0.5) is 0 Å². The maximum atomic E-state index is 10.4. The highest BCUT2D eigenvalue weighted by atomic mass is 16.6. The van der Waals surface area contributed by atoms with Gasteiger partial charge in [0.15, 0.2) is 11.5 Å². The molecular formula is C36H28N2O8. The molecule has 10 nitrogen and oxygen atoms in total. The zero-order valence-corrected chi connectivity index (χ0v) is 25.4. The molecule has 5 aromatic carbocycles. The lowest BCUT2D eigenvalue weighted by Crippen LogP contribution is -2.03. The van der Waals surface area contributed by atoms with Gasteiger partial charge in [0.05, 0.1) is 28.4 Å². The molecule has 0 saturated heterocycles. The van der Waals surface area contributed by atoms with Crippen LogP contribution in [0.15, 0.2) is 97.1 Å². The molecule has 10 heteroatoms. The molecule has 0 aromatic heterocycles. The van der Waals surface area contributed by atoms with E-state index < -0.39 is 0 Å². The Morgan fingerprint density at radius 3 is 0.717 bits per heavy atom. The first kappa shape index (κ1) is 30.9. The number of rotatable bonds is 12. The molecule has 0 aliphatic rings. The van der Waals surface area contributed by atoms with Gasteiger partial charge in [-0.3, -0.25) is 0 Å². The fourth-order valence-corrected chi connectivity index (χ4v) is 4.30. The minimum atomic E-state index is -0.132. The highest BCUT2D eigenvalue weighted by molar-refractivity contribution is 5.75. The highest BCUT2D eigenvalue weighted by Crippen LogP contribution is 2.54. The molecule has 5 aromatic rings. The van der Waals surface area contributed by atoms with Crippen molar-refractivity contribution in [3.05, 3.63) is 108 Å². The van der Waals surface area contributed by atoms with E-state index in [1.165, 1.54) is 0 Å². The van der Waals surface area contributed by atoms with Gasteiger partial charge >= 0.3 is 0 Å². The van der Waals surface area contributed by atoms with Crippen molar-refractivity contribution >= 4 is 0 Å². The van der Waals surface area contributed by atoms with Crippen LogP contribution in [-0.2, 0) is 0 Å². The molecule has 0 bridgehead atoms. The van der Waals surface area contributed by atoms with Gasteiger partial charge in [-0.15, -0.1) is 0 Å². The molecule has 0 amide bonds. The Kier molecular flexibility index (Phi) is 9.61. The smallest absolute Gasteiger partial charge is 0.217 e. The average Bonchev–Trinajstić information content (AvgIpc) is 3.11. The molecule has 0 atom stereocenters. The standard InChI is InChI=1S/C36H28N2O8/c1-39-23-5-13-27(14-6-23)43-33-31(21-37)32(22-38)34(44-28-15-7-24(40-2)8-16-28)36(46-30-19-11-26(42-4)12-20-30)35(33)45-29-17-9-25(41-3)10-18-29/h5-20H,1-4H3. The third-order valence-corrected chi connectivity index (χ3v) is 6.66. The Balaban J connectivity index is 1.77. The summed E-state index contributed by atoms with van der Waals surface area (Å²) in [7, 11) is 6.21. The molecule has 0 unspecified atom stereocenters. The molecule has 0 saturated carbocycles. The fraction of sp³-hybridized carbons (Fsp3) is 0.111. The van der Waals surface area contributed by atoms with Gasteiger partial charge in [-0.1, -0.05) is 0 Å². The van der Waals surface area contributed by atoms with Gasteiger partial charge in [-0.2, -0.15) is 10.5 Å². The van der Waals surface area contributed by atoms with Crippen LogP contribution in [0, 0.1) is 22.7 Å². The van der Waals surface area contributed by atoms with Gasteiger partial charge in [0.25, 0.3) is 0 Å². The normalized spacial score (nSPS) is 10.1. The van der Waals surface area contributed by atoms with Gasteiger partial charge < -0.3 is 37.9 Å². The fourth-order valence-electron chi connectivity index (χ4n) is 4.30. The zero-order chi connectivity index (χ0) is 32.5. The number of nitriles is 2. The molecule has 0 heterocycles. The molecule has 0 spiro atoms. The summed E-state index contributed by atoms with van der Waals surface area (Å²) in [6, 6.07) is 31.3. The summed E-state index contributed by atoms with van der Waals surface area (Å²) in [4.78, 5) is 0. The van der Waals surface area contributed by atoms with Crippen LogP contribution in [0.5, 0.6) is 69.0 Å². The second kappa shape index (κ2) is 14.3. The molecule has 0 N–H and O–H groups in total. The molecule has 46 heavy (non-hydrogen) atoms. The summed E-state index contributed by atoms with van der Waals surface area (Å²) in [5.41, 5.74) is -0.264. The lowest BCUT2D eigenvalue weighted by atomic mass is 10.0. The van der Waals surface area contributed by atoms with E-state index in [1.54, 1.807) is 126 Å². The lowest BCUT2D eigenvalue weighted by molar-refractivity contribution is 0.363. The Morgan fingerprint density at radius 1 is 0.326 bits per heavy atom. The van der Waals surface area contributed by atoms with Crippen LogP contribution >= 0.6 is 0 Å². The van der Waals surface area contributed by atoms with Crippen molar-refractivity contribution in [1.29, 1.82) is 10.5 Å². The summed E-state index contributed by atoms with van der Waals surface area (Å²) in [5, 5.41) is 20.9. The van der Waals surface area contributed by atoms with E-state index in [2.05, 4.69) is 12.1 Å². The van der Waals surface area contributed by atoms with Crippen molar-refractivity contribution in [3.8, 4) is 81.1 Å². The first-order chi connectivity index (χ1) is 22.5. The largest absolute Gasteiger partial charge is 0.497 e. The van der Waals surface area contributed by atoms with Crippen LogP contribution < -0.4 is 37.9 Å². The van der Waals surface area contributed by atoms with Crippen molar-refractivity contribution in [3.63, 3.8) is 0 Å². The minimum Gasteiger partial charge on any atom is -0.497 e. The Hall–Kier alpha value is -6.52. The predicted octanol–water partition coefficient (Wildman–Crippen LogP) is 8.63. The highest BCUT2D eigenvalue weighted by Gasteiger charge is 2.31. The van der Waals surface area contributed by atoms with Crippen molar-refractivity contribution in [2.24, 2.45) is 0 Å². The number of nitrogens with zero attached hydrogens (tertiary/aromatic N) is 2. The summed E-state index contributed by atoms with van der Waals surface area (Å²) in [5.74, 6) is 3.69. The van der Waals surface area contributed by atoms with E-state index in [4.69, 9.17) is 37.9 Å². The number of ether oxygens (including phenoxy) is 8.